The summed E-state index contributed by atoms with van der Waals surface area (Å²) in [6, 6.07) is 8.71. The molecule has 0 amide bonds. The summed E-state index contributed by atoms with van der Waals surface area (Å²) in [7, 11) is 1.80. The van der Waals surface area contributed by atoms with Crippen molar-refractivity contribution in [1.82, 2.24) is 14.3 Å². The van der Waals surface area contributed by atoms with Gasteiger partial charge in [-0.3, -0.25) is 14.3 Å². The number of ether oxygens (including phenoxy) is 1. The number of hydrogen-bond acceptors (Lipinski definition) is 5. The van der Waals surface area contributed by atoms with Crippen molar-refractivity contribution < 1.29 is 14.6 Å². The fourth-order valence-electron chi connectivity index (χ4n) is 3.68. The number of aromatic hydroxyl groups is 1. The standard InChI is InChI=1S/C21H21N3O4/c1-13-9-18-20(17(10-19(26)28-18)15-11-22-23(2)12-15)21(27)24(13)8-7-14-3-5-16(25)6-4-14/h3-6,9,11-12,17,25H,7-8,10H2,1-2H3. The normalized spacial score (nSPS) is 15.9. The molecule has 3 heterocycles. The number of phenolic OH excluding ortho intramolecular Hbond substituents is 1. The fraction of sp³-hybridized carbons (Fsp3) is 0.286. The summed E-state index contributed by atoms with van der Waals surface area (Å²) in [4.78, 5) is 25.4. The largest absolute Gasteiger partial charge is 0.508 e. The quantitative estimate of drug-likeness (QED) is 0.703. The topological polar surface area (TPSA) is 86.4 Å². The molecule has 0 saturated heterocycles. The van der Waals surface area contributed by atoms with Gasteiger partial charge in [-0.05, 0) is 36.6 Å². The van der Waals surface area contributed by atoms with Crippen LogP contribution >= 0.6 is 0 Å². The molecule has 1 unspecified atom stereocenters. The van der Waals surface area contributed by atoms with Gasteiger partial charge < -0.3 is 14.4 Å². The van der Waals surface area contributed by atoms with Gasteiger partial charge in [-0.25, -0.2) is 0 Å². The van der Waals surface area contributed by atoms with Gasteiger partial charge in [0.05, 0.1) is 18.2 Å². The van der Waals surface area contributed by atoms with E-state index < -0.39 is 0 Å². The summed E-state index contributed by atoms with van der Waals surface area (Å²) >= 11 is 0. The van der Waals surface area contributed by atoms with E-state index >= 15 is 0 Å². The molecule has 3 aromatic rings. The lowest BCUT2D eigenvalue weighted by Gasteiger charge is -2.25. The molecule has 1 aliphatic rings. The van der Waals surface area contributed by atoms with Crippen LogP contribution in [0, 0.1) is 6.92 Å². The third-order valence-corrected chi connectivity index (χ3v) is 5.14. The average molecular weight is 379 g/mol. The Hall–Kier alpha value is -3.35. The van der Waals surface area contributed by atoms with Crippen LogP contribution in [0.25, 0.3) is 0 Å². The Bertz CT molecular complexity index is 1100. The number of hydrogen-bond donors (Lipinski definition) is 1. The van der Waals surface area contributed by atoms with Crippen LogP contribution in [0.3, 0.4) is 0 Å². The molecule has 2 aromatic heterocycles. The van der Waals surface area contributed by atoms with Crippen LogP contribution < -0.4 is 10.3 Å². The van der Waals surface area contributed by atoms with Gasteiger partial charge in [-0.2, -0.15) is 5.10 Å². The molecule has 1 aromatic carbocycles. The molecule has 7 heteroatoms. The van der Waals surface area contributed by atoms with E-state index in [2.05, 4.69) is 5.10 Å². The molecule has 1 aliphatic heterocycles. The molecule has 0 fully saturated rings. The Morgan fingerprint density at radius 2 is 2.00 bits per heavy atom. The van der Waals surface area contributed by atoms with Gasteiger partial charge >= 0.3 is 5.97 Å². The van der Waals surface area contributed by atoms with Gasteiger partial charge in [-0.1, -0.05) is 12.1 Å². The van der Waals surface area contributed by atoms with Crippen LogP contribution in [-0.2, 0) is 24.8 Å². The minimum absolute atomic E-state index is 0.120. The lowest BCUT2D eigenvalue weighted by atomic mass is 9.88. The zero-order valence-corrected chi connectivity index (χ0v) is 15.8. The summed E-state index contributed by atoms with van der Waals surface area (Å²) in [5.74, 6) is -0.152. The summed E-state index contributed by atoms with van der Waals surface area (Å²) in [6.07, 6.45) is 4.28. The summed E-state index contributed by atoms with van der Waals surface area (Å²) in [6.45, 7) is 2.33. The van der Waals surface area contributed by atoms with E-state index in [0.29, 0.717) is 24.3 Å². The summed E-state index contributed by atoms with van der Waals surface area (Å²) in [5, 5.41) is 13.6. The maximum atomic E-state index is 13.3. The molecular formula is C21H21N3O4. The first kappa shape index (κ1) is 18.0. The number of pyridine rings is 1. The number of benzene rings is 1. The smallest absolute Gasteiger partial charge is 0.312 e. The van der Waals surface area contributed by atoms with Crippen LogP contribution in [0.5, 0.6) is 11.5 Å². The van der Waals surface area contributed by atoms with Crippen molar-refractivity contribution in [3.63, 3.8) is 0 Å². The fourth-order valence-corrected chi connectivity index (χ4v) is 3.68. The van der Waals surface area contributed by atoms with Crippen molar-refractivity contribution in [2.24, 2.45) is 7.05 Å². The highest BCUT2D eigenvalue weighted by Gasteiger charge is 2.33. The lowest BCUT2D eigenvalue weighted by molar-refractivity contribution is -0.135. The van der Waals surface area contributed by atoms with E-state index in [-0.39, 0.29) is 29.6 Å². The monoisotopic (exact) mass is 379 g/mol. The zero-order valence-electron chi connectivity index (χ0n) is 15.8. The Balaban J connectivity index is 1.72. The number of carbonyl (C=O) groups excluding carboxylic acids is 1. The van der Waals surface area contributed by atoms with Gasteiger partial charge in [0.1, 0.15) is 11.5 Å². The van der Waals surface area contributed by atoms with Gasteiger partial charge in [-0.15, -0.1) is 0 Å². The SMILES string of the molecule is Cc1cc2c(c(=O)n1CCc1ccc(O)cc1)C(c1cnn(C)c1)CC(=O)O2. The van der Waals surface area contributed by atoms with Crippen LogP contribution in [-0.4, -0.2) is 25.4 Å². The second kappa shape index (κ2) is 6.99. The van der Waals surface area contributed by atoms with Crippen molar-refractivity contribution >= 4 is 5.97 Å². The highest BCUT2D eigenvalue weighted by atomic mass is 16.5. The summed E-state index contributed by atoms with van der Waals surface area (Å²) in [5.41, 5.74) is 2.95. The second-order valence-electron chi connectivity index (χ2n) is 7.12. The molecule has 0 aliphatic carbocycles. The zero-order chi connectivity index (χ0) is 19.8. The van der Waals surface area contributed by atoms with Crippen molar-refractivity contribution in [2.75, 3.05) is 0 Å². The van der Waals surface area contributed by atoms with Crippen molar-refractivity contribution in [3.8, 4) is 11.5 Å². The van der Waals surface area contributed by atoms with Gasteiger partial charge in [0.25, 0.3) is 5.56 Å². The maximum absolute atomic E-state index is 13.3. The first-order valence-corrected chi connectivity index (χ1v) is 9.14. The third-order valence-electron chi connectivity index (χ3n) is 5.14. The van der Waals surface area contributed by atoms with E-state index in [1.807, 2.05) is 25.3 Å². The third kappa shape index (κ3) is 3.31. The van der Waals surface area contributed by atoms with Crippen molar-refractivity contribution in [3.05, 3.63) is 75.5 Å². The lowest BCUT2D eigenvalue weighted by Crippen LogP contribution is -2.33. The van der Waals surface area contributed by atoms with Crippen LogP contribution in [0.15, 0.2) is 47.5 Å². The number of carbonyl (C=O) groups is 1. The van der Waals surface area contributed by atoms with Crippen molar-refractivity contribution in [1.29, 1.82) is 0 Å². The number of fused-ring (bicyclic) bond motifs is 1. The maximum Gasteiger partial charge on any atom is 0.312 e. The first-order valence-electron chi connectivity index (χ1n) is 9.14. The number of nitrogens with zero attached hydrogens (tertiary/aromatic N) is 3. The number of aryl methyl sites for hydroxylation is 3. The van der Waals surface area contributed by atoms with Crippen molar-refractivity contribution in [2.45, 2.75) is 32.2 Å². The average Bonchev–Trinajstić information content (AvgIpc) is 3.08. The molecule has 1 atom stereocenters. The molecule has 4 rings (SSSR count). The minimum Gasteiger partial charge on any atom is -0.508 e. The van der Waals surface area contributed by atoms with Crippen LogP contribution in [0.1, 0.15) is 34.7 Å². The number of phenols is 1. The first-order chi connectivity index (χ1) is 13.4. The minimum atomic E-state index is -0.363. The molecule has 0 radical (unpaired) electrons. The highest BCUT2D eigenvalue weighted by Crippen LogP contribution is 2.36. The molecule has 144 valence electrons. The van der Waals surface area contributed by atoms with Gasteiger partial charge in [0.15, 0.2) is 0 Å². The number of rotatable bonds is 4. The molecule has 0 saturated carbocycles. The predicted molar refractivity (Wildman–Crippen MR) is 103 cm³/mol. The van der Waals surface area contributed by atoms with E-state index in [1.165, 1.54) is 0 Å². The summed E-state index contributed by atoms with van der Waals surface area (Å²) < 4.78 is 8.75. The molecule has 7 nitrogen and oxygen atoms in total. The van der Waals surface area contributed by atoms with Gasteiger partial charge in [0.2, 0.25) is 0 Å². The highest BCUT2D eigenvalue weighted by molar-refractivity contribution is 5.77. The number of esters is 1. The Morgan fingerprint density at radius 1 is 1.25 bits per heavy atom. The molecule has 28 heavy (non-hydrogen) atoms. The molecular weight excluding hydrogens is 358 g/mol. The van der Waals surface area contributed by atoms with E-state index in [1.54, 1.807) is 40.7 Å². The molecule has 1 N–H and O–H groups in total. The Kier molecular flexibility index (Phi) is 4.50. The predicted octanol–water partition coefficient (Wildman–Crippen LogP) is 2.28. The van der Waals surface area contributed by atoms with E-state index in [0.717, 1.165) is 16.8 Å². The number of aromatic nitrogens is 3. The second-order valence-corrected chi connectivity index (χ2v) is 7.12. The van der Waals surface area contributed by atoms with E-state index in [9.17, 15) is 14.7 Å². The molecule has 0 spiro atoms. The van der Waals surface area contributed by atoms with E-state index in [4.69, 9.17) is 4.74 Å². The Labute approximate surface area is 161 Å². The molecule has 0 bridgehead atoms. The van der Waals surface area contributed by atoms with Crippen LogP contribution in [0.2, 0.25) is 0 Å². The van der Waals surface area contributed by atoms with Crippen LogP contribution in [0.4, 0.5) is 0 Å². The Morgan fingerprint density at radius 3 is 2.68 bits per heavy atom. The van der Waals surface area contributed by atoms with Gasteiger partial charge in [0, 0.05) is 37.5 Å².